The van der Waals surface area contributed by atoms with Crippen molar-refractivity contribution in [2.75, 3.05) is 5.75 Å². The van der Waals surface area contributed by atoms with Gasteiger partial charge in [0.1, 0.15) is 12.1 Å². The molecule has 0 aliphatic heterocycles. The molecule has 1 rings (SSSR count). The minimum atomic E-state index is -1.25. The summed E-state index contributed by atoms with van der Waals surface area (Å²) in [5.74, 6) is -3.55. The van der Waals surface area contributed by atoms with Crippen LogP contribution in [0.4, 0.5) is 0 Å². The summed E-state index contributed by atoms with van der Waals surface area (Å²) in [4.78, 5) is 46.5. The molecule has 3 amide bonds. The number of aliphatic carboxylic acids is 1. The summed E-state index contributed by atoms with van der Waals surface area (Å²) < 4.78 is 0. The molecule has 9 nitrogen and oxygen atoms in total. The van der Waals surface area contributed by atoms with Crippen LogP contribution in [0, 0.1) is 0 Å². The molecule has 0 fully saturated rings. The van der Waals surface area contributed by atoms with Gasteiger partial charge in [0.2, 0.25) is 17.7 Å². The normalized spacial score (nSPS) is 13.9. The zero-order chi connectivity index (χ0) is 19.7. The fourth-order valence-corrected chi connectivity index (χ4v) is 2.35. The molecule has 26 heavy (non-hydrogen) atoms. The molecular formula is C16H22N4O5S. The second-order valence-electron chi connectivity index (χ2n) is 5.61. The van der Waals surface area contributed by atoms with Gasteiger partial charge >= 0.3 is 5.97 Å². The lowest BCUT2D eigenvalue weighted by molar-refractivity contribution is -0.141. The smallest absolute Gasteiger partial charge is 0.327 e. The molecular weight excluding hydrogens is 360 g/mol. The molecule has 3 atom stereocenters. The quantitative estimate of drug-likeness (QED) is 0.267. The zero-order valence-electron chi connectivity index (χ0n) is 13.9. The molecule has 0 spiro atoms. The molecule has 3 unspecified atom stereocenters. The number of hydrogen-bond acceptors (Lipinski definition) is 6. The highest BCUT2D eigenvalue weighted by Gasteiger charge is 2.28. The first-order valence-electron chi connectivity index (χ1n) is 7.76. The van der Waals surface area contributed by atoms with E-state index < -0.39 is 41.8 Å². The van der Waals surface area contributed by atoms with E-state index in [9.17, 15) is 19.2 Å². The van der Waals surface area contributed by atoms with Gasteiger partial charge in [-0.1, -0.05) is 30.3 Å². The maximum atomic E-state index is 12.4. The summed E-state index contributed by atoms with van der Waals surface area (Å²) in [6.07, 6.45) is -0.263. The molecule has 0 saturated heterocycles. The minimum absolute atomic E-state index is 0.112. The van der Waals surface area contributed by atoms with E-state index in [1.165, 1.54) is 0 Å². The van der Waals surface area contributed by atoms with E-state index in [1.54, 1.807) is 30.3 Å². The average Bonchev–Trinajstić information content (AvgIpc) is 2.58. The standard InChI is InChI=1S/C16H22N4O5S/c17-10(7-13(18)21)14(22)19-11(6-9-4-2-1-3-5-9)15(23)20-12(8-26)16(24)25/h1-5,10-12,26H,6-8,17H2,(H2,18,21)(H,19,22)(H,20,23)(H,24,25). The highest BCUT2D eigenvalue weighted by molar-refractivity contribution is 7.80. The Morgan fingerprint density at radius 2 is 1.62 bits per heavy atom. The van der Waals surface area contributed by atoms with Crippen molar-refractivity contribution < 1.29 is 24.3 Å². The van der Waals surface area contributed by atoms with Crippen molar-refractivity contribution in [1.82, 2.24) is 10.6 Å². The van der Waals surface area contributed by atoms with Gasteiger partial charge in [-0.25, -0.2) is 4.79 Å². The summed E-state index contributed by atoms with van der Waals surface area (Å²) in [5.41, 5.74) is 11.3. The van der Waals surface area contributed by atoms with Crippen LogP contribution in [0.25, 0.3) is 0 Å². The van der Waals surface area contributed by atoms with Crippen molar-refractivity contribution >= 4 is 36.3 Å². The Morgan fingerprint density at radius 3 is 2.12 bits per heavy atom. The van der Waals surface area contributed by atoms with E-state index in [0.717, 1.165) is 5.56 Å². The van der Waals surface area contributed by atoms with Crippen LogP contribution in [0.2, 0.25) is 0 Å². The van der Waals surface area contributed by atoms with Crippen molar-refractivity contribution in [3.63, 3.8) is 0 Å². The van der Waals surface area contributed by atoms with Crippen molar-refractivity contribution in [2.45, 2.75) is 31.0 Å². The monoisotopic (exact) mass is 382 g/mol. The molecule has 0 aliphatic carbocycles. The second kappa shape index (κ2) is 10.4. The molecule has 0 radical (unpaired) electrons. The van der Waals surface area contributed by atoms with Gasteiger partial charge in [-0.2, -0.15) is 12.6 Å². The van der Waals surface area contributed by atoms with Gasteiger partial charge in [-0.15, -0.1) is 0 Å². The van der Waals surface area contributed by atoms with Crippen LogP contribution in [0.15, 0.2) is 30.3 Å². The second-order valence-corrected chi connectivity index (χ2v) is 5.97. The topological polar surface area (TPSA) is 165 Å². The Morgan fingerprint density at radius 1 is 1.04 bits per heavy atom. The Kier molecular flexibility index (Phi) is 8.59. The van der Waals surface area contributed by atoms with Crippen LogP contribution >= 0.6 is 12.6 Å². The van der Waals surface area contributed by atoms with Crippen LogP contribution in [-0.2, 0) is 25.6 Å². The fraction of sp³-hybridized carbons (Fsp3) is 0.375. The van der Waals surface area contributed by atoms with Gasteiger partial charge in [-0.3, -0.25) is 14.4 Å². The first-order valence-corrected chi connectivity index (χ1v) is 8.40. The van der Waals surface area contributed by atoms with E-state index in [4.69, 9.17) is 16.6 Å². The van der Waals surface area contributed by atoms with Gasteiger partial charge < -0.3 is 27.2 Å². The molecule has 0 bridgehead atoms. The predicted octanol–water partition coefficient (Wildman–Crippen LogP) is -1.58. The van der Waals surface area contributed by atoms with Gasteiger partial charge in [0.05, 0.1) is 12.5 Å². The Hall–Kier alpha value is -2.59. The highest BCUT2D eigenvalue weighted by atomic mass is 32.1. The molecule has 0 saturated carbocycles. The third kappa shape index (κ3) is 7.11. The van der Waals surface area contributed by atoms with Crippen LogP contribution in [0.3, 0.4) is 0 Å². The third-order valence-electron chi connectivity index (χ3n) is 3.47. The zero-order valence-corrected chi connectivity index (χ0v) is 14.8. The summed E-state index contributed by atoms with van der Waals surface area (Å²) in [5, 5.41) is 13.8. The highest BCUT2D eigenvalue weighted by Crippen LogP contribution is 2.05. The van der Waals surface area contributed by atoms with Gasteiger partial charge in [0.15, 0.2) is 0 Å². The minimum Gasteiger partial charge on any atom is -0.480 e. The Balaban J connectivity index is 2.90. The number of hydrogen-bond donors (Lipinski definition) is 6. The lowest BCUT2D eigenvalue weighted by atomic mass is 10.0. The molecule has 0 aliphatic rings. The first kappa shape index (κ1) is 21.5. The lowest BCUT2D eigenvalue weighted by Gasteiger charge is -2.22. The molecule has 1 aromatic carbocycles. The number of primary amides is 1. The van der Waals surface area contributed by atoms with Crippen molar-refractivity contribution in [3.8, 4) is 0 Å². The van der Waals surface area contributed by atoms with Crippen molar-refractivity contribution in [1.29, 1.82) is 0 Å². The molecule has 10 heteroatoms. The number of carboxylic acid groups (broad SMARTS) is 1. The summed E-state index contributed by atoms with van der Waals surface area (Å²) in [7, 11) is 0. The molecule has 0 aromatic heterocycles. The number of carboxylic acids is 1. The largest absolute Gasteiger partial charge is 0.480 e. The number of nitrogens with one attached hydrogen (secondary N) is 2. The van der Waals surface area contributed by atoms with Gasteiger partial charge in [0, 0.05) is 12.2 Å². The number of rotatable bonds is 10. The van der Waals surface area contributed by atoms with E-state index >= 15 is 0 Å². The maximum absolute atomic E-state index is 12.4. The first-order chi connectivity index (χ1) is 12.2. The lowest BCUT2D eigenvalue weighted by Crippen LogP contribution is -2.56. The van der Waals surface area contributed by atoms with Crippen molar-refractivity contribution in [3.05, 3.63) is 35.9 Å². The Labute approximate surface area is 155 Å². The SMILES string of the molecule is NC(=O)CC(N)C(=O)NC(Cc1ccccc1)C(=O)NC(CS)C(=O)O. The van der Waals surface area contributed by atoms with E-state index in [-0.39, 0.29) is 18.6 Å². The van der Waals surface area contributed by atoms with Crippen LogP contribution in [0.1, 0.15) is 12.0 Å². The third-order valence-corrected chi connectivity index (χ3v) is 3.84. The molecule has 0 heterocycles. The van der Waals surface area contributed by atoms with Crippen LogP contribution < -0.4 is 22.1 Å². The number of nitrogens with two attached hydrogens (primary N) is 2. The summed E-state index contributed by atoms with van der Waals surface area (Å²) in [6, 6.07) is 5.33. The van der Waals surface area contributed by atoms with Crippen LogP contribution in [-0.4, -0.2) is 52.7 Å². The summed E-state index contributed by atoms with van der Waals surface area (Å²) >= 11 is 3.88. The number of benzene rings is 1. The molecule has 1 aromatic rings. The number of carbonyl (C=O) groups is 4. The average molecular weight is 382 g/mol. The number of carbonyl (C=O) groups excluding carboxylic acids is 3. The fourth-order valence-electron chi connectivity index (χ4n) is 2.11. The van der Waals surface area contributed by atoms with Gasteiger partial charge in [-0.05, 0) is 5.56 Å². The van der Waals surface area contributed by atoms with Crippen LogP contribution in [0.5, 0.6) is 0 Å². The van der Waals surface area contributed by atoms with E-state index in [2.05, 4.69) is 23.3 Å². The maximum Gasteiger partial charge on any atom is 0.327 e. The summed E-state index contributed by atoms with van der Waals surface area (Å²) in [6.45, 7) is 0. The van der Waals surface area contributed by atoms with E-state index in [1.807, 2.05) is 0 Å². The Bertz CT molecular complexity index is 655. The number of thiol groups is 1. The molecule has 7 N–H and O–H groups in total. The predicted molar refractivity (Wildman–Crippen MR) is 97.3 cm³/mol. The van der Waals surface area contributed by atoms with Crippen molar-refractivity contribution in [2.24, 2.45) is 11.5 Å². The molecule has 142 valence electrons. The van der Waals surface area contributed by atoms with Gasteiger partial charge in [0.25, 0.3) is 0 Å². The van der Waals surface area contributed by atoms with E-state index in [0.29, 0.717) is 0 Å². The number of amides is 3.